The smallest absolute Gasteiger partial charge is 0.309 e. The van der Waals surface area contributed by atoms with Crippen LogP contribution in [-0.4, -0.2) is 35.9 Å². The van der Waals surface area contributed by atoms with Gasteiger partial charge in [0.15, 0.2) is 17.3 Å². The van der Waals surface area contributed by atoms with E-state index in [0.29, 0.717) is 28.4 Å². The average Bonchev–Trinajstić information content (AvgIpc) is 3.62. The molecule has 0 aliphatic heterocycles. The maximum atomic E-state index is 12.4. The predicted molar refractivity (Wildman–Crippen MR) is 150 cm³/mol. The average molecular weight is 538 g/mol. The summed E-state index contributed by atoms with van der Waals surface area (Å²) in [6, 6.07) is 23.6. The van der Waals surface area contributed by atoms with Gasteiger partial charge in [-0.3, -0.25) is 9.59 Å². The maximum absolute atomic E-state index is 12.4. The first-order chi connectivity index (χ1) is 19.4. The van der Waals surface area contributed by atoms with Crippen molar-refractivity contribution in [3.63, 3.8) is 0 Å². The summed E-state index contributed by atoms with van der Waals surface area (Å²) in [6.45, 7) is 3.34. The van der Waals surface area contributed by atoms with Gasteiger partial charge in [-0.25, -0.2) is 0 Å². The number of hydrogen-bond acceptors (Lipinski definition) is 7. The van der Waals surface area contributed by atoms with E-state index in [9.17, 15) is 9.59 Å². The van der Waals surface area contributed by atoms with E-state index in [0.717, 1.165) is 22.4 Å². The molecule has 40 heavy (non-hydrogen) atoms. The van der Waals surface area contributed by atoms with Crippen LogP contribution >= 0.6 is 0 Å². The van der Waals surface area contributed by atoms with E-state index in [1.54, 1.807) is 49.2 Å². The van der Waals surface area contributed by atoms with Crippen molar-refractivity contribution in [3.8, 4) is 45.5 Å². The number of carbonyl (C=O) groups excluding carboxylic acids is 2. The minimum absolute atomic E-state index is 0.205. The summed E-state index contributed by atoms with van der Waals surface area (Å²) in [5.41, 5.74) is 4.96. The molecular weight excluding hydrogens is 510 g/mol. The van der Waals surface area contributed by atoms with E-state index >= 15 is 0 Å². The summed E-state index contributed by atoms with van der Waals surface area (Å²) < 4.78 is 23.5. The van der Waals surface area contributed by atoms with Crippen molar-refractivity contribution in [2.45, 2.75) is 13.8 Å². The number of benzene rings is 3. The number of aromatic nitrogens is 2. The van der Waals surface area contributed by atoms with Gasteiger partial charge in [0, 0.05) is 18.2 Å². The number of nitrogens with one attached hydrogen (secondary N) is 1. The fourth-order valence-corrected chi connectivity index (χ4v) is 4.26. The van der Waals surface area contributed by atoms with Crippen LogP contribution in [-0.2, 0) is 4.79 Å². The lowest BCUT2D eigenvalue weighted by molar-refractivity contribution is -0.132. The third-order valence-electron chi connectivity index (χ3n) is 6.20. The summed E-state index contributed by atoms with van der Waals surface area (Å²) in [5.74, 6) is 0.709. The van der Waals surface area contributed by atoms with Crippen LogP contribution in [0.15, 0.2) is 89.5 Å². The zero-order valence-corrected chi connectivity index (χ0v) is 22.4. The molecule has 5 rings (SSSR count). The van der Waals surface area contributed by atoms with Crippen LogP contribution in [0.3, 0.4) is 0 Å². The van der Waals surface area contributed by atoms with Crippen LogP contribution in [0.5, 0.6) is 17.4 Å². The first-order valence-electron chi connectivity index (χ1n) is 12.4. The molecule has 0 spiro atoms. The number of rotatable bonds is 8. The van der Waals surface area contributed by atoms with Crippen molar-refractivity contribution in [2.24, 2.45) is 0 Å². The molecule has 0 atom stereocenters. The molecule has 9 nitrogen and oxygen atoms in total. The number of methoxy groups -OCH3 is 2. The molecule has 2 heterocycles. The highest BCUT2D eigenvalue weighted by Gasteiger charge is 2.25. The molecule has 202 valence electrons. The zero-order valence-electron chi connectivity index (χ0n) is 22.4. The molecule has 0 saturated carbocycles. The van der Waals surface area contributed by atoms with Crippen LogP contribution in [0.4, 0.5) is 5.69 Å². The lowest BCUT2D eigenvalue weighted by Crippen LogP contribution is -2.10. The number of aryl methyl sites for hydroxylation is 1. The normalized spacial score (nSPS) is 10.7. The Morgan fingerprint density at radius 3 is 2.20 bits per heavy atom. The van der Waals surface area contributed by atoms with Crippen molar-refractivity contribution in [3.05, 3.63) is 96.4 Å². The fourth-order valence-electron chi connectivity index (χ4n) is 4.26. The van der Waals surface area contributed by atoms with E-state index in [-0.39, 0.29) is 17.5 Å². The Hall–Kier alpha value is -5.31. The topological polar surface area (TPSA) is 105 Å². The quantitative estimate of drug-likeness (QED) is 0.232. The molecule has 0 aliphatic carbocycles. The van der Waals surface area contributed by atoms with Crippen molar-refractivity contribution >= 4 is 17.6 Å². The van der Waals surface area contributed by atoms with Gasteiger partial charge in [0.25, 0.3) is 5.91 Å². The van der Waals surface area contributed by atoms with Gasteiger partial charge >= 0.3 is 5.97 Å². The van der Waals surface area contributed by atoms with Gasteiger partial charge < -0.3 is 23.9 Å². The molecule has 0 fully saturated rings. The van der Waals surface area contributed by atoms with Crippen molar-refractivity contribution in [2.75, 3.05) is 19.5 Å². The number of amides is 1. The van der Waals surface area contributed by atoms with Gasteiger partial charge in [0.2, 0.25) is 5.88 Å². The molecule has 0 saturated heterocycles. The zero-order chi connectivity index (χ0) is 28.2. The Kier molecular flexibility index (Phi) is 7.37. The Morgan fingerprint density at radius 1 is 0.875 bits per heavy atom. The molecule has 9 heteroatoms. The summed E-state index contributed by atoms with van der Waals surface area (Å²) >= 11 is 0. The number of carbonyl (C=O) groups is 2. The lowest BCUT2D eigenvalue weighted by atomic mass is 10.0. The molecule has 1 amide bonds. The molecule has 0 bridgehead atoms. The Morgan fingerprint density at radius 2 is 1.57 bits per heavy atom. The molecular formula is C31H27N3O6. The van der Waals surface area contributed by atoms with E-state index in [1.165, 1.54) is 13.2 Å². The lowest BCUT2D eigenvalue weighted by Gasteiger charge is -2.11. The molecule has 0 radical (unpaired) electrons. The van der Waals surface area contributed by atoms with Gasteiger partial charge in [-0.05, 0) is 67.1 Å². The minimum atomic E-state index is -0.490. The second-order valence-electron chi connectivity index (χ2n) is 8.95. The maximum Gasteiger partial charge on any atom is 0.309 e. The fraction of sp³-hybridized carbons (Fsp3) is 0.129. The number of esters is 1. The van der Waals surface area contributed by atoms with Crippen molar-refractivity contribution in [1.82, 2.24) is 9.78 Å². The molecule has 1 N–H and O–H groups in total. The third kappa shape index (κ3) is 5.30. The molecule has 2 aromatic heterocycles. The van der Waals surface area contributed by atoms with Gasteiger partial charge in [-0.2, -0.15) is 9.78 Å². The second-order valence-corrected chi connectivity index (χ2v) is 8.95. The highest BCUT2D eigenvalue weighted by Crippen LogP contribution is 2.43. The highest BCUT2D eigenvalue weighted by molar-refractivity contribution is 6.02. The van der Waals surface area contributed by atoms with Gasteiger partial charge in [0.1, 0.15) is 5.69 Å². The van der Waals surface area contributed by atoms with E-state index < -0.39 is 5.97 Å². The van der Waals surface area contributed by atoms with Gasteiger partial charge in [-0.15, -0.1) is 0 Å². The van der Waals surface area contributed by atoms with Crippen LogP contribution in [0, 0.1) is 6.92 Å². The molecule has 0 aliphatic rings. The number of anilines is 1. The standard InChI is InChI=1S/C31H27N3O6/c1-19-7-14-24(15-8-19)34-31(40-20(2)35)28(29(33-34)22-11-16-25(37-3)27(18-22)38-4)21-9-12-23(13-10-21)32-30(36)26-6-5-17-39-26/h5-18H,1-4H3,(H,32,36). The summed E-state index contributed by atoms with van der Waals surface area (Å²) in [7, 11) is 3.13. The van der Waals surface area contributed by atoms with E-state index in [2.05, 4.69) is 5.32 Å². The first kappa shape index (κ1) is 26.3. The number of furan rings is 1. The number of nitrogens with zero attached hydrogens (tertiary/aromatic N) is 2. The molecule has 0 unspecified atom stereocenters. The molecule has 3 aromatic carbocycles. The Bertz CT molecular complexity index is 1650. The number of hydrogen-bond donors (Lipinski definition) is 1. The second kappa shape index (κ2) is 11.2. The minimum Gasteiger partial charge on any atom is -0.493 e. The molecule has 5 aromatic rings. The summed E-state index contributed by atoms with van der Waals surface area (Å²) in [5, 5.41) is 7.72. The monoisotopic (exact) mass is 537 g/mol. The van der Waals surface area contributed by atoms with E-state index in [1.807, 2.05) is 55.5 Å². The van der Waals surface area contributed by atoms with Crippen LogP contribution in [0.1, 0.15) is 23.0 Å². The van der Waals surface area contributed by atoms with Crippen molar-refractivity contribution < 1.29 is 28.2 Å². The van der Waals surface area contributed by atoms with Gasteiger partial charge in [-0.1, -0.05) is 29.8 Å². The van der Waals surface area contributed by atoms with Crippen molar-refractivity contribution in [1.29, 1.82) is 0 Å². The summed E-state index contributed by atoms with van der Waals surface area (Å²) in [6.07, 6.45) is 1.44. The first-order valence-corrected chi connectivity index (χ1v) is 12.4. The van der Waals surface area contributed by atoms with Crippen LogP contribution in [0.2, 0.25) is 0 Å². The van der Waals surface area contributed by atoms with Gasteiger partial charge in [0.05, 0.1) is 31.7 Å². The SMILES string of the molecule is COc1ccc(-c2nn(-c3ccc(C)cc3)c(OC(C)=O)c2-c2ccc(NC(=O)c3ccco3)cc2)cc1OC. The number of ether oxygens (including phenoxy) is 3. The van der Waals surface area contributed by atoms with E-state index in [4.69, 9.17) is 23.7 Å². The Balaban J connectivity index is 1.66. The summed E-state index contributed by atoms with van der Waals surface area (Å²) in [4.78, 5) is 24.7. The third-order valence-corrected chi connectivity index (χ3v) is 6.20. The largest absolute Gasteiger partial charge is 0.493 e. The van der Waals surface area contributed by atoms with Crippen LogP contribution < -0.4 is 19.5 Å². The predicted octanol–water partition coefficient (Wildman–Crippen LogP) is 6.30. The van der Waals surface area contributed by atoms with Crippen LogP contribution in [0.25, 0.3) is 28.1 Å². The highest BCUT2D eigenvalue weighted by atomic mass is 16.5. The Labute approximate surface area is 230 Å².